The molecule has 0 saturated carbocycles. The molecule has 0 bridgehead atoms. The van der Waals surface area contributed by atoms with Gasteiger partial charge in [0, 0.05) is 0 Å². The average Bonchev–Trinajstić information content (AvgIpc) is 2.18. The molecule has 0 aliphatic carbocycles. The maximum absolute atomic E-state index is 5.29. The Morgan fingerprint density at radius 3 is 2.43 bits per heavy atom. The summed E-state index contributed by atoms with van der Waals surface area (Å²) in [6, 6.07) is 15.1. The topological polar surface area (TPSA) is 9.23 Å². The van der Waals surface area contributed by atoms with E-state index in [0.29, 0.717) is 0 Å². The third kappa shape index (κ3) is 2.78. The van der Waals surface area contributed by atoms with Crippen LogP contribution >= 0.6 is 17.0 Å². The molecule has 0 heterocycles. The van der Waals surface area contributed by atoms with Gasteiger partial charge in [-0.3, -0.25) is 0 Å². The van der Waals surface area contributed by atoms with E-state index in [9.17, 15) is 0 Å². The van der Waals surface area contributed by atoms with Gasteiger partial charge < -0.3 is 0 Å². The van der Waals surface area contributed by atoms with Crippen molar-refractivity contribution in [3.63, 3.8) is 0 Å². The monoisotopic (exact) mass is 352 g/mol. The predicted molar refractivity (Wildman–Crippen MR) is 60.9 cm³/mol. The van der Waals surface area contributed by atoms with E-state index in [2.05, 4.69) is 42.5 Å². The molecular weight excluding hydrogens is 340 g/mol. The quantitative estimate of drug-likeness (QED) is 0.756. The van der Waals surface area contributed by atoms with E-state index in [1.54, 1.807) is 0 Å². The summed E-state index contributed by atoms with van der Waals surface area (Å²) >= 11 is -1.09. The van der Waals surface area contributed by atoms with Crippen LogP contribution in [0.5, 0.6) is 0 Å². The Kier molecular flexibility index (Phi) is 5.05. The standard InChI is InChI=1S/C10H7.CH3O.BrH.Cd/c1-2-6-10-8-4-3-7-9(10)5-1;1-2;;/h1-3,5-8H;1H3;1H;/q;-1;;+1. The third-order valence-corrected chi connectivity index (χ3v) is 5.16. The van der Waals surface area contributed by atoms with Gasteiger partial charge in [0.1, 0.15) is 0 Å². The van der Waals surface area contributed by atoms with Crippen LogP contribution in [-0.2, 0) is 27.4 Å². The van der Waals surface area contributed by atoms with Gasteiger partial charge in [-0.25, -0.2) is 0 Å². The Bertz CT molecular complexity index is 417. The number of hydrogen-bond acceptors (Lipinski definition) is 1. The fourth-order valence-electron chi connectivity index (χ4n) is 1.50. The van der Waals surface area contributed by atoms with Crippen LogP contribution in [0.15, 0.2) is 42.5 Å². The van der Waals surface area contributed by atoms with E-state index >= 15 is 0 Å². The zero-order valence-electron chi connectivity index (χ0n) is 8.07. The maximum atomic E-state index is 5.29. The van der Waals surface area contributed by atoms with Crippen molar-refractivity contribution in [2.24, 2.45) is 0 Å². The van der Waals surface area contributed by atoms with E-state index in [4.69, 9.17) is 2.69 Å². The second-order valence-corrected chi connectivity index (χ2v) is 7.92. The van der Waals surface area contributed by atoms with Gasteiger partial charge in [0.25, 0.3) is 0 Å². The molecule has 0 aliphatic rings. The van der Waals surface area contributed by atoms with Crippen molar-refractivity contribution in [1.29, 1.82) is 0 Å². The fraction of sp³-hybridized carbons (Fsp3) is 0.0909. The molecule has 14 heavy (non-hydrogen) atoms. The Morgan fingerprint density at radius 2 is 1.71 bits per heavy atom. The van der Waals surface area contributed by atoms with Gasteiger partial charge >= 0.3 is 90.8 Å². The van der Waals surface area contributed by atoms with Gasteiger partial charge in [-0.2, -0.15) is 0 Å². The van der Waals surface area contributed by atoms with Gasteiger partial charge in [0.2, 0.25) is 0 Å². The van der Waals surface area contributed by atoms with Crippen molar-refractivity contribution in [3.8, 4) is 0 Å². The summed E-state index contributed by atoms with van der Waals surface area (Å²) < 4.78 is 6.72. The molecule has 0 N–H and O–H groups in total. The molecule has 0 radical (unpaired) electrons. The first-order valence-electron chi connectivity index (χ1n) is 4.37. The summed E-state index contributed by atoms with van der Waals surface area (Å²) in [5.74, 6) is 0. The summed E-state index contributed by atoms with van der Waals surface area (Å²) in [7, 11) is 1.81. The molecule has 0 spiro atoms. The van der Waals surface area contributed by atoms with Crippen LogP contribution in [0.3, 0.4) is 0 Å². The number of benzene rings is 2. The molecule has 2 aromatic rings. The molecule has 0 aromatic heterocycles. The summed E-state index contributed by atoms with van der Waals surface area (Å²) in [6.45, 7) is 0. The molecule has 1 nitrogen and oxygen atoms in total. The Morgan fingerprint density at radius 1 is 1.00 bits per heavy atom. The minimum absolute atomic E-state index is 0. The third-order valence-electron chi connectivity index (χ3n) is 2.12. The van der Waals surface area contributed by atoms with E-state index in [-0.39, 0.29) is 17.0 Å². The average molecular weight is 352 g/mol. The van der Waals surface area contributed by atoms with Crippen LogP contribution in [0, 0.1) is 0 Å². The van der Waals surface area contributed by atoms with Crippen molar-refractivity contribution in [1.82, 2.24) is 0 Å². The van der Waals surface area contributed by atoms with Gasteiger partial charge in [0.05, 0.1) is 0 Å². The SMILES string of the molecule is Br.C[O][Cd][c]1ccc2ccccc2c1. The van der Waals surface area contributed by atoms with Crippen LogP contribution in [0.2, 0.25) is 0 Å². The van der Waals surface area contributed by atoms with E-state index in [1.165, 1.54) is 13.9 Å². The summed E-state index contributed by atoms with van der Waals surface area (Å²) in [4.78, 5) is 0. The molecule has 0 aliphatic heterocycles. The molecule has 70 valence electrons. The molecular formula is C11H11BrCdO. The zero-order chi connectivity index (χ0) is 9.10. The Balaban J connectivity index is 0.000000980. The first-order valence-corrected chi connectivity index (χ1v) is 8.03. The molecule has 2 aromatic carbocycles. The molecule has 3 heteroatoms. The van der Waals surface area contributed by atoms with Crippen molar-refractivity contribution < 1.29 is 27.4 Å². The molecule has 2 rings (SSSR count). The van der Waals surface area contributed by atoms with Crippen LogP contribution in [0.25, 0.3) is 10.8 Å². The van der Waals surface area contributed by atoms with Crippen molar-refractivity contribution in [2.75, 3.05) is 7.11 Å². The van der Waals surface area contributed by atoms with Crippen LogP contribution < -0.4 is 3.12 Å². The number of hydrogen-bond donors (Lipinski definition) is 0. The number of fused-ring (bicyclic) bond motifs is 1. The normalized spacial score (nSPS) is 9.21. The second kappa shape index (κ2) is 5.83. The first-order chi connectivity index (χ1) is 6.40. The minimum atomic E-state index is -1.09. The molecule has 0 amide bonds. The van der Waals surface area contributed by atoms with Crippen molar-refractivity contribution in [3.05, 3.63) is 42.5 Å². The van der Waals surface area contributed by atoms with E-state index in [1.807, 2.05) is 7.11 Å². The molecule has 0 unspecified atom stereocenters. The van der Waals surface area contributed by atoms with Gasteiger partial charge in [-0.05, 0) is 0 Å². The number of halogens is 1. The summed E-state index contributed by atoms with van der Waals surface area (Å²) in [5, 5.41) is 2.64. The van der Waals surface area contributed by atoms with Gasteiger partial charge in [-0.15, -0.1) is 17.0 Å². The fourth-order valence-corrected chi connectivity index (χ4v) is 3.92. The molecule has 0 atom stereocenters. The van der Waals surface area contributed by atoms with Crippen molar-refractivity contribution >= 4 is 30.9 Å². The van der Waals surface area contributed by atoms with Crippen LogP contribution in [0.1, 0.15) is 0 Å². The van der Waals surface area contributed by atoms with E-state index < -0.39 is 24.7 Å². The van der Waals surface area contributed by atoms with Crippen molar-refractivity contribution in [2.45, 2.75) is 0 Å². The van der Waals surface area contributed by atoms with E-state index in [0.717, 1.165) is 0 Å². The molecule has 0 fully saturated rings. The predicted octanol–water partition coefficient (Wildman–Crippen LogP) is 2.69. The Hall–Kier alpha value is 0.0621. The second-order valence-electron chi connectivity index (χ2n) is 3.11. The number of rotatable bonds is 2. The Labute approximate surface area is 107 Å². The summed E-state index contributed by atoms with van der Waals surface area (Å²) in [6.07, 6.45) is 0. The van der Waals surface area contributed by atoms with Crippen LogP contribution in [-0.4, -0.2) is 7.11 Å². The molecule has 0 saturated heterocycles. The van der Waals surface area contributed by atoms with Crippen LogP contribution in [0.4, 0.5) is 0 Å². The van der Waals surface area contributed by atoms with Gasteiger partial charge in [0.15, 0.2) is 0 Å². The first kappa shape index (κ1) is 12.1. The van der Waals surface area contributed by atoms with Gasteiger partial charge in [-0.1, -0.05) is 0 Å². The zero-order valence-corrected chi connectivity index (χ0v) is 13.8. The summed E-state index contributed by atoms with van der Waals surface area (Å²) in [5.41, 5.74) is 0.